The summed E-state index contributed by atoms with van der Waals surface area (Å²) in [6.07, 6.45) is 9.05. The van der Waals surface area contributed by atoms with Crippen LogP contribution in [0, 0.1) is 0 Å². The number of ether oxygens (including phenoxy) is 1. The number of phenols is 1. The van der Waals surface area contributed by atoms with Crippen molar-refractivity contribution in [1.82, 2.24) is 9.80 Å². The quantitative estimate of drug-likeness (QED) is 0.883. The zero-order valence-electron chi connectivity index (χ0n) is 16.2. The maximum atomic E-state index is 12.8. The van der Waals surface area contributed by atoms with Crippen LogP contribution < -0.4 is 0 Å². The molecule has 1 amide bonds. The molecule has 3 heterocycles. The minimum atomic E-state index is 0.182. The molecule has 27 heavy (non-hydrogen) atoms. The molecule has 5 heteroatoms. The topological polar surface area (TPSA) is 53.0 Å². The molecule has 5 nitrogen and oxygen atoms in total. The molecule has 3 aliphatic rings. The first-order valence-electron chi connectivity index (χ1n) is 10.6. The summed E-state index contributed by atoms with van der Waals surface area (Å²) in [6, 6.07) is 7.05. The molecule has 1 N–H and O–H groups in total. The van der Waals surface area contributed by atoms with Crippen molar-refractivity contribution in [3.63, 3.8) is 0 Å². The Labute approximate surface area is 162 Å². The second kappa shape index (κ2) is 8.19. The molecule has 4 rings (SSSR count). The van der Waals surface area contributed by atoms with Crippen molar-refractivity contribution in [3.05, 3.63) is 29.8 Å². The predicted octanol–water partition coefficient (Wildman–Crippen LogP) is 2.96. The summed E-state index contributed by atoms with van der Waals surface area (Å²) in [6.45, 7) is 4.87. The maximum Gasteiger partial charge on any atom is 0.226 e. The van der Waals surface area contributed by atoms with Gasteiger partial charge in [-0.1, -0.05) is 12.1 Å². The fourth-order valence-corrected chi connectivity index (χ4v) is 5.26. The van der Waals surface area contributed by atoms with Gasteiger partial charge < -0.3 is 14.7 Å². The number of amides is 1. The van der Waals surface area contributed by atoms with Gasteiger partial charge in [0, 0.05) is 31.8 Å². The van der Waals surface area contributed by atoms with Gasteiger partial charge in [0.25, 0.3) is 0 Å². The van der Waals surface area contributed by atoms with Gasteiger partial charge in [0.1, 0.15) is 5.75 Å². The van der Waals surface area contributed by atoms with Crippen molar-refractivity contribution in [2.75, 3.05) is 32.8 Å². The number of hydrogen-bond donors (Lipinski definition) is 1. The molecule has 0 bridgehead atoms. The lowest BCUT2D eigenvalue weighted by atomic mass is 9.87. The number of nitrogens with zero attached hydrogens (tertiary/aromatic N) is 2. The number of rotatable bonds is 4. The molecule has 3 aliphatic heterocycles. The molecule has 1 aromatic carbocycles. The number of aromatic hydroxyl groups is 1. The van der Waals surface area contributed by atoms with E-state index in [0.717, 1.165) is 44.6 Å². The molecular weight excluding hydrogens is 340 g/mol. The van der Waals surface area contributed by atoms with Crippen LogP contribution in [-0.4, -0.2) is 65.2 Å². The van der Waals surface area contributed by atoms with Crippen molar-refractivity contribution < 1.29 is 14.6 Å². The van der Waals surface area contributed by atoms with Gasteiger partial charge >= 0.3 is 0 Å². The molecule has 0 aromatic heterocycles. The summed E-state index contributed by atoms with van der Waals surface area (Å²) in [7, 11) is 0. The van der Waals surface area contributed by atoms with E-state index in [1.807, 2.05) is 11.0 Å². The van der Waals surface area contributed by atoms with Gasteiger partial charge in [0.2, 0.25) is 5.91 Å². The van der Waals surface area contributed by atoms with Crippen molar-refractivity contribution in [3.8, 4) is 5.75 Å². The van der Waals surface area contributed by atoms with Gasteiger partial charge in [-0.05, 0) is 69.2 Å². The third-order valence-corrected chi connectivity index (χ3v) is 6.72. The molecule has 148 valence electrons. The molecule has 3 fully saturated rings. The highest BCUT2D eigenvalue weighted by Crippen LogP contribution is 2.39. The minimum Gasteiger partial charge on any atom is -0.508 e. The van der Waals surface area contributed by atoms with Gasteiger partial charge in [-0.2, -0.15) is 0 Å². The van der Waals surface area contributed by atoms with Crippen LogP contribution in [0.2, 0.25) is 0 Å². The molecule has 0 radical (unpaired) electrons. The predicted molar refractivity (Wildman–Crippen MR) is 105 cm³/mol. The first-order valence-corrected chi connectivity index (χ1v) is 10.6. The van der Waals surface area contributed by atoms with Crippen molar-refractivity contribution in [1.29, 1.82) is 0 Å². The summed E-state index contributed by atoms with van der Waals surface area (Å²) in [5.41, 5.74) is 1.16. The van der Waals surface area contributed by atoms with Crippen LogP contribution in [-0.2, 0) is 16.0 Å². The Kier molecular flexibility index (Phi) is 5.69. The van der Waals surface area contributed by atoms with Crippen molar-refractivity contribution >= 4 is 5.91 Å². The van der Waals surface area contributed by atoms with Crippen LogP contribution in [0.25, 0.3) is 0 Å². The van der Waals surface area contributed by atoms with Gasteiger partial charge in [0.05, 0.1) is 12.5 Å². The molecule has 0 unspecified atom stereocenters. The van der Waals surface area contributed by atoms with Crippen LogP contribution in [0.3, 0.4) is 0 Å². The average molecular weight is 373 g/mol. The first-order chi connectivity index (χ1) is 13.1. The van der Waals surface area contributed by atoms with Crippen LogP contribution in [0.1, 0.15) is 50.5 Å². The fourth-order valence-electron chi connectivity index (χ4n) is 5.26. The lowest BCUT2D eigenvalue weighted by Crippen LogP contribution is -2.47. The molecule has 2 atom stereocenters. The Morgan fingerprint density at radius 2 is 2.00 bits per heavy atom. The van der Waals surface area contributed by atoms with E-state index in [9.17, 15) is 9.90 Å². The normalized spacial score (nSPS) is 29.3. The highest BCUT2D eigenvalue weighted by atomic mass is 16.5. The van der Waals surface area contributed by atoms with E-state index in [-0.39, 0.29) is 17.2 Å². The molecule has 3 saturated heterocycles. The van der Waals surface area contributed by atoms with E-state index in [1.165, 1.54) is 38.6 Å². The lowest BCUT2D eigenvalue weighted by molar-refractivity contribution is -0.130. The van der Waals surface area contributed by atoms with Crippen LogP contribution in [0.5, 0.6) is 5.75 Å². The van der Waals surface area contributed by atoms with Crippen LogP contribution >= 0.6 is 0 Å². The lowest BCUT2D eigenvalue weighted by Gasteiger charge is -2.39. The Morgan fingerprint density at radius 3 is 2.78 bits per heavy atom. The van der Waals surface area contributed by atoms with E-state index in [0.29, 0.717) is 12.5 Å². The van der Waals surface area contributed by atoms with Crippen molar-refractivity contribution in [2.24, 2.45) is 0 Å². The number of benzene rings is 1. The van der Waals surface area contributed by atoms with Gasteiger partial charge in [-0.3, -0.25) is 9.69 Å². The Hall–Kier alpha value is -1.59. The monoisotopic (exact) mass is 372 g/mol. The maximum absolute atomic E-state index is 12.8. The Morgan fingerprint density at radius 1 is 1.15 bits per heavy atom. The highest BCUT2D eigenvalue weighted by molar-refractivity contribution is 5.79. The summed E-state index contributed by atoms with van der Waals surface area (Å²) in [4.78, 5) is 17.5. The average Bonchev–Trinajstić information content (AvgIpc) is 3.23. The van der Waals surface area contributed by atoms with Gasteiger partial charge in [-0.15, -0.1) is 0 Å². The fraction of sp³-hybridized carbons (Fsp3) is 0.682. The van der Waals surface area contributed by atoms with E-state index in [1.54, 1.807) is 18.2 Å². The zero-order valence-corrected chi connectivity index (χ0v) is 16.2. The number of phenolic OH excluding ortho intramolecular Hbond substituents is 1. The van der Waals surface area contributed by atoms with Crippen molar-refractivity contribution in [2.45, 2.75) is 63.0 Å². The number of hydrogen-bond acceptors (Lipinski definition) is 4. The summed E-state index contributed by atoms with van der Waals surface area (Å²) in [5.74, 6) is 0.409. The summed E-state index contributed by atoms with van der Waals surface area (Å²) >= 11 is 0. The largest absolute Gasteiger partial charge is 0.508 e. The second-order valence-corrected chi connectivity index (χ2v) is 8.49. The summed E-state index contributed by atoms with van der Waals surface area (Å²) < 4.78 is 5.89. The molecular formula is C22H32N2O3. The molecule has 0 saturated carbocycles. The number of likely N-dealkylation sites (tertiary alicyclic amines) is 2. The van der Waals surface area contributed by atoms with E-state index < -0.39 is 0 Å². The van der Waals surface area contributed by atoms with E-state index in [2.05, 4.69) is 4.90 Å². The van der Waals surface area contributed by atoms with E-state index in [4.69, 9.17) is 4.74 Å². The minimum absolute atomic E-state index is 0.182. The Balaban J connectivity index is 1.37. The standard InChI is InChI=1S/C22H32N2O3/c25-19-6-1-5-18(15-19)16-21(26)23-11-3-8-22(10-13-23)9-4-12-24(22)17-20-7-2-14-27-20/h1,5-6,15,20,25H,2-4,7-14,16-17H2/t20-,22-/m1/s1. The third-order valence-electron chi connectivity index (χ3n) is 6.72. The molecule has 0 aliphatic carbocycles. The SMILES string of the molecule is O=C(Cc1cccc(O)c1)N1CCC[C@@]2(CCCN2C[C@H]2CCCO2)CC1. The number of carbonyl (C=O) groups is 1. The molecule has 1 spiro atoms. The number of carbonyl (C=O) groups excluding carboxylic acids is 1. The van der Waals surface area contributed by atoms with Crippen LogP contribution in [0.4, 0.5) is 0 Å². The smallest absolute Gasteiger partial charge is 0.226 e. The highest BCUT2D eigenvalue weighted by Gasteiger charge is 2.43. The van der Waals surface area contributed by atoms with Gasteiger partial charge in [0.15, 0.2) is 0 Å². The third kappa shape index (κ3) is 4.30. The Bertz CT molecular complexity index is 659. The first kappa shape index (κ1) is 18.8. The zero-order chi connectivity index (χ0) is 18.7. The van der Waals surface area contributed by atoms with E-state index >= 15 is 0 Å². The summed E-state index contributed by atoms with van der Waals surface area (Å²) in [5, 5.41) is 9.63. The van der Waals surface area contributed by atoms with Gasteiger partial charge in [-0.25, -0.2) is 0 Å². The second-order valence-electron chi connectivity index (χ2n) is 8.49. The molecule has 1 aromatic rings. The van der Waals surface area contributed by atoms with Crippen LogP contribution in [0.15, 0.2) is 24.3 Å².